The van der Waals surface area contributed by atoms with E-state index in [4.69, 9.17) is 0 Å². The maximum Gasteiger partial charge on any atom is 0.261 e. The Morgan fingerprint density at radius 3 is 2.21 bits per heavy atom. The Bertz CT molecular complexity index is 543. The number of nitrogens with one attached hydrogen (secondary N) is 1. The van der Waals surface area contributed by atoms with Gasteiger partial charge in [-0.15, -0.1) is 0 Å². The lowest BCUT2D eigenvalue weighted by Crippen LogP contribution is -2.32. The number of amides is 3. The van der Waals surface area contributed by atoms with Crippen molar-refractivity contribution in [1.82, 2.24) is 10.2 Å². The number of benzene rings is 1. The molecule has 19 heavy (non-hydrogen) atoms. The predicted octanol–water partition coefficient (Wildman–Crippen LogP) is 1.32. The number of rotatable bonds is 4. The van der Waals surface area contributed by atoms with Crippen LogP contribution in [0.15, 0.2) is 36.5 Å². The third-order valence-corrected chi connectivity index (χ3v) is 2.87. The summed E-state index contributed by atoms with van der Waals surface area (Å²) in [7, 11) is 0. The Balaban J connectivity index is 2.05. The molecule has 3 amide bonds. The number of fused-ring (bicyclic) bond motifs is 1. The van der Waals surface area contributed by atoms with E-state index < -0.39 is 0 Å². The van der Waals surface area contributed by atoms with Gasteiger partial charge in [-0.05, 0) is 12.1 Å². The summed E-state index contributed by atoms with van der Waals surface area (Å²) in [5, 5.41) is 2.53. The highest BCUT2D eigenvalue weighted by Crippen LogP contribution is 2.22. The SMILES string of the molecule is C=C(CCN1C(=O)c2ccccc2C1=O)NC(C)=O. The van der Waals surface area contributed by atoms with Gasteiger partial charge in [-0.2, -0.15) is 0 Å². The lowest BCUT2D eigenvalue weighted by molar-refractivity contribution is -0.118. The normalized spacial score (nSPS) is 13.4. The molecule has 1 heterocycles. The van der Waals surface area contributed by atoms with Crippen molar-refractivity contribution in [2.24, 2.45) is 0 Å². The minimum atomic E-state index is -0.295. The van der Waals surface area contributed by atoms with Gasteiger partial charge in [0, 0.05) is 25.6 Å². The van der Waals surface area contributed by atoms with E-state index in [2.05, 4.69) is 11.9 Å². The Morgan fingerprint density at radius 1 is 1.21 bits per heavy atom. The van der Waals surface area contributed by atoms with E-state index in [0.29, 0.717) is 23.2 Å². The van der Waals surface area contributed by atoms with Crippen molar-refractivity contribution >= 4 is 17.7 Å². The molecule has 0 saturated carbocycles. The second kappa shape index (κ2) is 5.06. The first-order chi connectivity index (χ1) is 9.00. The highest BCUT2D eigenvalue weighted by molar-refractivity contribution is 6.21. The molecule has 0 unspecified atom stereocenters. The molecule has 2 rings (SSSR count). The summed E-state index contributed by atoms with van der Waals surface area (Å²) in [5.74, 6) is -0.806. The lowest BCUT2D eigenvalue weighted by Gasteiger charge is -2.14. The zero-order valence-electron chi connectivity index (χ0n) is 10.6. The van der Waals surface area contributed by atoms with Crippen LogP contribution in [0.1, 0.15) is 34.1 Å². The first-order valence-corrected chi connectivity index (χ1v) is 5.91. The summed E-state index contributed by atoms with van der Waals surface area (Å²) in [4.78, 5) is 36.1. The number of carbonyl (C=O) groups is 3. The Morgan fingerprint density at radius 2 is 1.74 bits per heavy atom. The monoisotopic (exact) mass is 258 g/mol. The van der Waals surface area contributed by atoms with E-state index in [0.717, 1.165) is 0 Å². The molecule has 0 aromatic heterocycles. The maximum atomic E-state index is 12.0. The van der Waals surface area contributed by atoms with Crippen LogP contribution < -0.4 is 5.32 Å². The first-order valence-electron chi connectivity index (χ1n) is 5.91. The van der Waals surface area contributed by atoms with Crippen LogP contribution in [0.2, 0.25) is 0 Å². The zero-order chi connectivity index (χ0) is 14.0. The molecule has 0 aliphatic carbocycles. The number of carbonyl (C=O) groups excluding carboxylic acids is 3. The van der Waals surface area contributed by atoms with Gasteiger partial charge < -0.3 is 5.32 Å². The van der Waals surface area contributed by atoms with Crippen LogP contribution in [0.4, 0.5) is 0 Å². The molecule has 0 atom stereocenters. The summed E-state index contributed by atoms with van der Waals surface area (Å²) in [6.07, 6.45) is 0.352. The molecule has 0 radical (unpaired) electrons. The molecule has 98 valence electrons. The molecule has 1 aliphatic rings. The standard InChI is InChI=1S/C14H14N2O3/c1-9(15-10(2)17)7-8-16-13(18)11-5-3-4-6-12(11)14(16)19/h3-6H,1,7-8H2,2H3,(H,15,17). The second-order valence-electron chi connectivity index (χ2n) is 4.34. The van der Waals surface area contributed by atoms with Gasteiger partial charge in [-0.1, -0.05) is 18.7 Å². The van der Waals surface area contributed by atoms with Gasteiger partial charge in [0.05, 0.1) is 11.1 Å². The third-order valence-electron chi connectivity index (χ3n) is 2.87. The van der Waals surface area contributed by atoms with E-state index in [9.17, 15) is 14.4 Å². The fourth-order valence-electron chi connectivity index (χ4n) is 2.00. The van der Waals surface area contributed by atoms with Crippen LogP contribution in [0.5, 0.6) is 0 Å². The number of imide groups is 1. The van der Waals surface area contributed by atoms with E-state index in [1.165, 1.54) is 11.8 Å². The lowest BCUT2D eigenvalue weighted by atomic mass is 10.1. The Kier molecular flexibility index (Phi) is 3.46. The van der Waals surface area contributed by atoms with Crippen molar-refractivity contribution < 1.29 is 14.4 Å². The molecular formula is C14H14N2O3. The predicted molar refractivity (Wildman–Crippen MR) is 69.4 cm³/mol. The number of hydrogen-bond acceptors (Lipinski definition) is 3. The van der Waals surface area contributed by atoms with Crippen LogP contribution in [0.25, 0.3) is 0 Å². The molecule has 0 saturated heterocycles. The van der Waals surface area contributed by atoms with E-state index in [1.807, 2.05) is 0 Å². The van der Waals surface area contributed by atoms with Gasteiger partial charge in [-0.3, -0.25) is 19.3 Å². The van der Waals surface area contributed by atoms with Gasteiger partial charge in [0.2, 0.25) is 5.91 Å². The van der Waals surface area contributed by atoms with Crippen molar-refractivity contribution in [3.8, 4) is 0 Å². The largest absolute Gasteiger partial charge is 0.331 e. The second-order valence-corrected chi connectivity index (χ2v) is 4.34. The molecule has 0 spiro atoms. The molecule has 0 fully saturated rings. The average Bonchev–Trinajstić information content (AvgIpc) is 2.60. The zero-order valence-corrected chi connectivity index (χ0v) is 10.6. The van der Waals surface area contributed by atoms with Gasteiger partial charge >= 0.3 is 0 Å². The average molecular weight is 258 g/mol. The van der Waals surface area contributed by atoms with Crippen LogP contribution in [-0.2, 0) is 4.79 Å². The topological polar surface area (TPSA) is 66.5 Å². The van der Waals surface area contributed by atoms with E-state index >= 15 is 0 Å². The molecule has 1 aliphatic heterocycles. The van der Waals surface area contributed by atoms with Crippen molar-refractivity contribution in [2.45, 2.75) is 13.3 Å². The Hall–Kier alpha value is -2.43. The van der Waals surface area contributed by atoms with Crippen LogP contribution >= 0.6 is 0 Å². The molecule has 1 aromatic rings. The minimum Gasteiger partial charge on any atom is -0.331 e. The van der Waals surface area contributed by atoms with Crippen molar-refractivity contribution in [2.75, 3.05) is 6.54 Å². The van der Waals surface area contributed by atoms with Gasteiger partial charge in [0.15, 0.2) is 0 Å². The fourth-order valence-corrected chi connectivity index (χ4v) is 2.00. The van der Waals surface area contributed by atoms with Gasteiger partial charge in [0.1, 0.15) is 0 Å². The molecule has 5 nitrogen and oxygen atoms in total. The summed E-state index contributed by atoms with van der Waals surface area (Å²) in [6.45, 7) is 5.27. The molecule has 1 aromatic carbocycles. The van der Waals surface area contributed by atoms with E-state index in [-0.39, 0.29) is 24.3 Å². The van der Waals surface area contributed by atoms with Crippen LogP contribution in [-0.4, -0.2) is 29.2 Å². The highest BCUT2D eigenvalue weighted by atomic mass is 16.2. The summed E-state index contributed by atoms with van der Waals surface area (Å²) < 4.78 is 0. The quantitative estimate of drug-likeness (QED) is 0.828. The van der Waals surface area contributed by atoms with Crippen molar-refractivity contribution in [1.29, 1.82) is 0 Å². The van der Waals surface area contributed by atoms with Gasteiger partial charge in [-0.25, -0.2) is 0 Å². The third kappa shape index (κ3) is 2.54. The molecule has 5 heteroatoms. The highest BCUT2D eigenvalue weighted by Gasteiger charge is 2.34. The smallest absolute Gasteiger partial charge is 0.261 e. The van der Waals surface area contributed by atoms with Crippen molar-refractivity contribution in [3.63, 3.8) is 0 Å². The number of hydrogen-bond donors (Lipinski definition) is 1. The van der Waals surface area contributed by atoms with Crippen molar-refractivity contribution in [3.05, 3.63) is 47.7 Å². The van der Waals surface area contributed by atoms with E-state index in [1.54, 1.807) is 24.3 Å². The first kappa shape index (κ1) is 13.0. The Labute approximate surface area is 110 Å². The maximum absolute atomic E-state index is 12.0. The molecule has 1 N–H and O–H groups in total. The molecule has 0 bridgehead atoms. The van der Waals surface area contributed by atoms with Crippen LogP contribution in [0, 0.1) is 0 Å². The van der Waals surface area contributed by atoms with Gasteiger partial charge in [0.25, 0.3) is 11.8 Å². The fraction of sp³-hybridized carbons (Fsp3) is 0.214. The summed E-state index contributed by atoms with van der Waals surface area (Å²) >= 11 is 0. The number of nitrogens with zero attached hydrogens (tertiary/aromatic N) is 1. The molecular weight excluding hydrogens is 244 g/mol. The minimum absolute atomic E-state index is 0.214. The summed E-state index contributed by atoms with van der Waals surface area (Å²) in [5.41, 5.74) is 1.35. The van der Waals surface area contributed by atoms with Crippen LogP contribution in [0.3, 0.4) is 0 Å². The summed E-state index contributed by atoms with van der Waals surface area (Å²) in [6, 6.07) is 6.73.